The third kappa shape index (κ3) is 5.13. The van der Waals surface area contributed by atoms with Crippen LogP contribution in [0.15, 0.2) is 52.1 Å². The van der Waals surface area contributed by atoms with Crippen molar-refractivity contribution < 1.29 is 0 Å². The summed E-state index contributed by atoms with van der Waals surface area (Å²) >= 11 is 5.22. The molecule has 21 heavy (non-hydrogen) atoms. The molecule has 0 fully saturated rings. The number of hydrogen-bond donors (Lipinski definition) is 1. The molecule has 0 aliphatic carbocycles. The van der Waals surface area contributed by atoms with Crippen LogP contribution in [0.5, 0.6) is 0 Å². The second-order valence-electron chi connectivity index (χ2n) is 4.99. The number of pyridine rings is 1. The number of hydrogen-bond acceptors (Lipinski definition) is 3. The van der Waals surface area contributed by atoms with Crippen LogP contribution in [-0.4, -0.2) is 17.3 Å². The molecule has 0 spiro atoms. The first-order valence-electron chi connectivity index (χ1n) is 7.24. The molecule has 0 radical (unpaired) electrons. The maximum absolute atomic E-state index is 4.43. The van der Waals surface area contributed by atoms with E-state index in [4.69, 9.17) is 0 Å². The van der Waals surface area contributed by atoms with E-state index in [2.05, 4.69) is 70.4 Å². The van der Waals surface area contributed by atoms with E-state index >= 15 is 0 Å². The fourth-order valence-corrected chi connectivity index (χ4v) is 3.33. The van der Waals surface area contributed by atoms with Gasteiger partial charge in [-0.2, -0.15) is 0 Å². The quantitative estimate of drug-likeness (QED) is 0.700. The third-order valence-corrected chi connectivity index (χ3v) is 4.81. The van der Waals surface area contributed by atoms with Gasteiger partial charge in [0.05, 0.1) is 5.03 Å². The Hall–Kier alpha value is -0.840. The van der Waals surface area contributed by atoms with Crippen LogP contribution in [0.25, 0.3) is 0 Å². The lowest BCUT2D eigenvalue weighted by Crippen LogP contribution is -2.24. The van der Waals surface area contributed by atoms with Gasteiger partial charge >= 0.3 is 0 Å². The van der Waals surface area contributed by atoms with E-state index in [1.807, 2.05) is 12.3 Å². The zero-order valence-electron chi connectivity index (χ0n) is 12.5. The van der Waals surface area contributed by atoms with E-state index in [9.17, 15) is 0 Å². The Morgan fingerprint density at radius 3 is 2.71 bits per heavy atom. The van der Waals surface area contributed by atoms with E-state index < -0.39 is 0 Å². The molecule has 0 bridgehead atoms. The van der Waals surface area contributed by atoms with Crippen LogP contribution in [0.3, 0.4) is 0 Å². The lowest BCUT2D eigenvalue weighted by molar-refractivity contribution is 0.575. The number of benzene rings is 1. The number of rotatable bonds is 7. The van der Waals surface area contributed by atoms with Gasteiger partial charge in [0.15, 0.2) is 0 Å². The van der Waals surface area contributed by atoms with E-state index in [1.165, 1.54) is 11.1 Å². The highest BCUT2D eigenvalue weighted by Gasteiger charge is 2.13. The van der Waals surface area contributed by atoms with Gasteiger partial charge in [-0.15, -0.1) is 11.8 Å². The van der Waals surface area contributed by atoms with Crippen LogP contribution < -0.4 is 5.32 Å². The fourth-order valence-electron chi connectivity index (χ4n) is 2.17. The van der Waals surface area contributed by atoms with Crippen LogP contribution in [0.4, 0.5) is 0 Å². The lowest BCUT2D eigenvalue weighted by atomic mass is 10.0. The highest BCUT2D eigenvalue weighted by molar-refractivity contribution is 9.10. The Bertz CT molecular complexity index is 557. The summed E-state index contributed by atoms with van der Waals surface area (Å²) in [4.78, 5) is 4.43. The van der Waals surface area contributed by atoms with Crippen molar-refractivity contribution in [3.05, 3.63) is 58.2 Å². The minimum Gasteiger partial charge on any atom is -0.309 e. The van der Waals surface area contributed by atoms with Gasteiger partial charge in [-0.05, 0) is 59.1 Å². The lowest BCUT2D eigenvalue weighted by Gasteiger charge is -2.20. The second-order valence-corrected chi connectivity index (χ2v) is 6.94. The molecule has 1 N–H and O–H groups in total. The van der Waals surface area contributed by atoms with Crippen LogP contribution in [0.2, 0.25) is 0 Å². The summed E-state index contributed by atoms with van der Waals surface area (Å²) in [6.07, 6.45) is 2.99. The second kappa shape index (κ2) is 8.57. The van der Waals surface area contributed by atoms with Gasteiger partial charge < -0.3 is 5.32 Å². The van der Waals surface area contributed by atoms with Crippen molar-refractivity contribution in [1.82, 2.24) is 10.3 Å². The molecule has 1 aromatic carbocycles. The highest BCUT2D eigenvalue weighted by Crippen LogP contribution is 2.26. The Labute approximate surface area is 139 Å². The molecule has 1 heterocycles. The summed E-state index contributed by atoms with van der Waals surface area (Å²) in [6, 6.07) is 13.1. The van der Waals surface area contributed by atoms with Crippen LogP contribution in [-0.2, 0) is 0 Å². The minimum absolute atomic E-state index is 0.363. The molecular formula is C17H21BrN2S. The molecule has 2 rings (SSSR count). The maximum Gasteiger partial charge on any atom is 0.0961 e. The average Bonchev–Trinajstić information content (AvgIpc) is 2.50. The summed E-state index contributed by atoms with van der Waals surface area (Å²) in [5.41, 5.74) is 2.73. The highest BCUT2D eigenvalue weighted by atomic mass is 79.9. The Balaban J connectivity index is 2.06. The largest absolute Gasteiger partial charge is 0.309 e. The SMILES string of the molecule is CCCNC(CSc1ccc(Br)cn1)c1ccccc1C. The zero-order valence-corrected chi connectivity index (χ0v) is 14.9. The zero-order chi connectivity index (χ0) is 15.1. The molecule has 0 aliphatic rings. The average molecular weight is 365 g/mol. The van der Waals surface area contributed by atoms with Gasteiger partial charge in [-0.25, -0.2) is 4.98 Å². The van der Waals surface area contributed by atoms with Crippen molar-refractivity contribution in [1.29, 1.82) is 0 Å². The van der Waals surface area contributed by atoms with Crippen molar-refractivity contribution in [2.45, 2.75) is 31.3 Å². The van der Waals surface area contributed by atoms with Gasteiger partial charge in [0.2, 0.25) is 0 Å². The van der Waals surface area contributed by atoms with Crippen molar-refractivity contribution in [2.75, 3.05) is 12.3 Å². The molecule has 0 amide bonds. The number of aromatic nitrogens is 1. The number of nitrogens with one attached hydrogen (secondary N) is 1. The number of thioether (sulfide) groups is 1. The molecule has 0 saturated carbocycles. The van der Waals surface area contributed by atoms with Crippen LogP contribution >= 0.6 is 27.7 Å². The molecule has 0 aliphatic heterocycles. The molecule has 2 aromatic rings. The first-order valence-corrected chi connectivity index (χ1v) is 9.02. The minimum atomic E-state index is 0.363. The van der Waals surface area contributed by atoms with E-state index in [0.29, 0.717) is 6.04 Å². The van der Waals surface area contributed by atoms with Gasteiger partial charge in [-0.1, -0.05) is 31.2 Å². The molecular weight excluding hydrogens is 344 g/mol. The number of nitrogens with zero attached hydrogens (tertiary/aromatic N) is 1. The summed E-state index contributed by atoms with van der Waals surface area (Å²) < 4.78 is 1.02. The van der Waals surface area contributed by atoms with Crippen LogP contribution in [0, 0.1) is 6.92 Å². The molecule has 1 aromatic heterocycles. The van der Waals surface area contributed by atoms with Gasteiger partial charge in [0.1, 0.15) is 0 Å². The fraction of sp³-hybridized carbons (Fsp3) is 0.353. The standard InChI is InChI=1S/C17H21BrN2S/c1-3-10-19-16(15-7-5-4-6-13(15)2)12-21-17-9-8-14(18)11-20-17/h4-9,11,16,19H,3,10,12H2,1-2H3. The van der Waals surface area contributed by atoms with Crippen molar-refractivity contribution >= 4 is 27.7 Å². The monoisotopic (exact) mass is 364 g/mol. The Kier molecular flexibility index (Phi) is 6.74. The van der Waals surface area contributed by atoms with E-state index in [-0.39, 0.29) is 0 Å². The van der Waals surface area contributed by atoms with E-state index in [1.54, 1.807) is 11.8 Å². The topological polar surface area (TPSA) is 24.9 Å². The van der Waals surface area contributed by atoms with Crippen molar-refractivity contribution in [2.24, 2.45) is 0 Å². The molecule has 1 atom stereocenters. The van der Waals surface area contributed by atoms with Crippen molar-refractivity contribution in [3.63, 3.8) is 0 Å². The molecule has 0 saturated heterocycles. The number of halogens is 1. The predicted octanol–water partition coefficient (Wildman–Crippen LogP) is 4.99. The predicted molar refractivity (Wildman–Crippen MR) is 94.9 cm³/mol. The third-order valence-electron chi connectivity index (χ3n) is 3.30. The van der Waals surface area contributed by atoms with Gasteiger partial charge in [-0.3, -0.25) is 0 Å². The molecule has 1 unspecified atom stereocenters. The molecule has 2 nitrogen and oxygen atoms in total. The summed E-state index contributed by atoms with van der Waals surface area (Å²) in [5, 5.41) is 4.72. The van der Waals surface area contributed by atoms with Gasteiger partial charge in [0.25, 0.3) is 0 Å². The van der Waals surface area contributed by atoms with Crippen molar-refractivity contribution in [3.8, 4) is 0 Å². The Morgan fingerprint density at radius 1 is 1.24 bits per heavy atom. The first-order chi connectivity index (χ1) is 10.2. The van der Waals surface area contributed by atoms with Gasteiger partial charge in [0, 0.05) is 22.5 Å². The summed E-state index contributed by atoms with van der Waals surface area (Å²) in [6.45, 7) is 5.41. The normalized spacial score (nSPS) is 12.3. The van der Waals surface area contributed by atoms with E-state index in [0.717, 1.165) is 28.2 Å². The Morgan fingerprint density at radius 2 is 2.05 bits per heavy atom. The smallest absolute Gasteiger partial charge is 0.0961 e. The first kappa shape index (κ1) is 16.5. The summed E-state index contributed by atoms with van der Waals surface area (Å²) in [7, 11) is 0. The summed E-state index contributed by atoms with van der Waals surface area (Å²) in [5.74, 6) is 0.986. The molecule has 4 heteroatoms. The van der Waals surface area contributed by atoms with Crippen LogP contribution in [0.1, 0.15) is 30.5 Å². The maximum atomic E-state index is 4.43. The molecule has 112 valence electrons. The number of aryl methyl sites for hydroxylation is 1.